The van der Waals surface area contributed by atoms with Crippen LogP contribution in [0.2, 0.25) is 5.82 Å². The predicted octanol–water partition coefficient (Wildman–Crippen LogP) is 3.17. The van der Waals surface area contributed by atoms with Crippen LogP contribution in [0.3, 0.4) is 0 Å². The van der Waals surface area contributed by atoms with E-state index in [9.17, 15) is 10.0 Å². The van der Waals surface area contributed by atoms with E-state index in [0.717, 1.165) is 25.7 Å². The minimum absolute atomic E-state index is 0.0196. The van der Waals surface area contributed by atoms with Gasteiger partial charge in [0, 0.05) is 0 Å². The maximum atomic E-state index is 9.47. The van der Waals surface area contributed by atoms with Gasteiger partial charge in [-0.2, -0.15) is 0 Å². The summed E-state index contributed by atoms with van der Waals surface area (Å²) in [4.78, 5) is 0. The molecule has 0 amide bonds. The third-order valence-electron chi connectivity index (χ3n) is 4.89. The van der Waals surface area contributed by atoms with Crippen LogP contribution in [0, 0.1) is 11.3 Å². The van der Waals surface area contributed by atoms with E-state index in [1.165, 1.54) is 11.1 Å². The van der Waals surface area contributed by atoms with Crippen LogP contribution in [-0.2, 0) is 4.74 Å². The second-order valence-electron chi connectivity index (χ2n) is 7.99. The van der Waals surface area contributed by atoms with E-state index < -0.39 is 7.12 Å². The van der Waals surface area contributed by atoms with Gasteiger partial charge in [0.1, 0.15) is 0 Å². The monoisotopic (exact) mass is 280 g/mol. The largest absolute Gasteiger partial charge is 0.454 e. The topological polar surface area (TPSA) is 49.7 Å². The Morgan fingerprint density at radius 2 is 1.85 bits per heavy atom. The first-order chi connectivity index (χ1) is 9.13. The molecule has 2 atom stereocenters. The first kappa shape index (κ1) is 16.1. The van der Waals surface area contributed by atoms with E-state index in [4.69, 9.17) is 4.74 Å². The number of ether oxygens (including phenoxy) is 1. The highest BCUT2D eigenvalue weighted by Gasteiger charge is 2.43. The summed E-state index contributed by atoms with van der Waals surface area (Å²) in [6, 6.07) is 0. The molecule has 4 heteroatoms. The highest BCUT2D eigenvalue weighted by Crippen LogP contribution is 2.48. The van der Waals surface area contributed by atoms with Crippen molar-refractivity contribution < 1.29 is 14.8 Å². The van der Waals surface area contributed by atoms with Crippen LogP contribution in [0.4, 0.5) is 0 Å². The first-order valence-electron chi connectivity index (χ1n) is 7.87. The number of hydrogen-bond acceptors (Lipinski definition) is 3. The minimum Gasteiger partial charge on any atom is -0.427 e. The van der Waals surface area contributed by atoms with Gasteiger partial charge < -0.3 is 14.8 Å². The number of rotatable bonds is 2. The third kappa shape index (κ3) is 3.13. The Kier molecular flexibility index (Phi) is 4.39. The first-order valence-corrected chi connectivity index (χ1v) is 7.87. The normalized spacial score (nSPS) is 30.8. The maximum Gasteiger partial charge on any atom is 0.454 e. The van der Waals surface area contributed by atoms with Crippen LogP contribution in [0.1, 0.15) is 60.3 Å². The molecule has 1 aliphatic heterocycles. The van der Waals surface area contributed by atoms with Gasteiger partial charge in [-0.15, -0.1) is 0 Å². The third-order valence-corrected chi connectivity index (χ3v) is 4.89. The Morgan fingerprint density at radius 3 is 2.40 bits per heavy atom. The van der Waals surface area contributed by atoms with Crippen LogP contribution >= 0.6 is 0 Å². The molecule has 0 aromatic rings. The second-order valence-corrected chi connectivity index (χ2v) is 7.99. The summed E-state index contributed by atoms with van der Waals surface area (Å²) < 4.78 is 6.04. The Labute approximate surface area is 123 Å². The van der Waals surface area contributed by atoms with Crippen molar-refractivity contribution in [3.05, 3.63) is 11.1 Å². The molecule has 0 saturated heterocycles. The van der Waals surface area contributed by atoms with Gasteiger partial charge in [-0.1, -0.05) is 33.6 Å². The molecule has 2 aliphatic rings. The van der Waals surface area contributed by atoms with Gasteiger partial charge in [0.2, 0.25) is 0 Å². The van der Waals surface area contributed by atoms with Gasteiger partial charge in [-0.05, 0) is 55.0 Å². The van der Waals surface area contributed by atoms with Crippen molar-refractivity contribution in [3.8, 4) is 0 Å². The zero-order valence-corrected chi connectivity index (χ0v) is 13.6. The van der Waals surface area contributed by atoms with E-state index in [1.807, 2.05) is 0 Å². The molecule has 2 N–H and O–H groups in total. The molecule has 0 aromatic heterocycles. The maximum absolute atomic E-state index is 9.47. The van der Waals surface area contributed by atoms with Crippen molar-refractivity contribution in [2.45, 2.75) is 71.7 Å². The fraction of sp³-hybridized carbons (Fsp3) is 0.875. The van der Waals surface area contributed by atoms with Gasteiger partial charge in [0.25, 0.3) is 0 Å². The van der Waals surface area contributed by atoms with E-state index in [-0.39, 0.29) is 16.8 Å². The molecule has 1 aliphatic carbocycles. The Hall–Kier alpha value is -0.315. The van der Waals surface area contributed by atoms with Gasteiger partial charge in [0.15, 0.2) is 0 Å². The smallest absolute Gasteiger partial charge is 0.427 e. The molecule has 3 nitrogen and oxygen atoms in total. The lowest BCUT2D eigenvalue weighted by atomic mass is 9.60. The summed E-state index contributed by atoms with van der Waals surface area (Å²) in [5.74, 6) is 0.470. The Morgan fingerprint density at radius 1 is 1.20 bits per heavy atom. The van der Waals surface area contributed by atoms with Crippen molar-refractivity contribution in [2.24, 2.45) is 11.3 Å². The summed E-state index contributed by atoms with van der Waals surface area (Å²) >= 11 is 0. The molecular formula is C16H29BO3. The van der Waals surface area contributed by atoms with E-state index in [1.54, 1.807) is 0 Å². The summed E-state index contributed by atoms with van der Waals surface area (Å²) in [6.07, 6.45) is 4.04. The summed E-state index contributed by atoms with van der Waals surface area (Å²) in [7, 11) is -1.17. The van der Waals surface area contributed by atoms with Crippen molar-refractivity contribution in [1.82, 2.24) is 0 Å². The Balaban J connectivity index is 2.29. The van der Waals surface area contributed by atoms with Crippen LogP contribution in [0.15, 0.2) is 11.1 Å². The van der Waals surface area contributed by atoms with Crippen LogP contribution in [0.25, 0.3) is 0 Å². The van der Waals surface area contributed by atoms with Crippen LogP contribution in [0.5, 0.6) is 0 Å². The molecule has 1 saturated carbocycles. The molecule has 20 heavy (non-hydrogen) atoms. The fourth-order valence-corrected chi connectivity index (χ4v) is 4.31. The second kappa shape index (κ2) is 5.47. The SMILES string of the molecule is CC(C)(C)C1=C(C2CCCC(B(O)O)C2)COC1(C)C. The van der Waals surface area contributed by atoms with Gasteiger partial charge >= 0.3 is 7.12 Å². The molecule has 0 radical (unpaired) electrons. The highest BCUT2D eigenvalue weighted by molar-refractivity contribution is 6.43. The molecule has 0 bridgehead atoms. The van der Waals surface area contributed by atoms with Crippen molar-refractivity contribution in [2.75, 3.05) is 6.61 Å². The summed E-state index contributed by atoms with van der Waals surface area (Å²) in [6.45, 7) is 11.8. The predicted molar refractivity (Wildman–Crippen MR) is 82.4 cm³/mol. The molecule has 1 fully saturated rings. The molecule has 0 spiro atoms. The molecule has 0 aromatic carbocycles. The summed E-state index contributed by atoms with van der Waals surface area (Å²) in [5.41, 5.74) is 2.74. The average Bonchev–Trinajstić information content (AvgIpc) is 2.65. The molecule has 2 unspecified atom stereocenters. The Bertz CT molecular complexity index is 393. The van der Waals surface area contributed by atoms with E-state index >= 15 is 0 Å². The molecule has 1 heterocycles. The van der Waals surface area contributed by atoms with Gasteiger partial charge in [0.05, 0.1) is 12.2 Å². The highest BCUT2D eigenvalue weighted by atomic mass is 16.5. The lowest BCUT2D eigenvalue weighted by Crippen LogP contribution is -2.31. The van der Waals surface area contributed by atoms with Crippen molar-refractivity contribution >= 4 is 7.12 Å². The minimum atomic E-state index is -1.17. The zero-order chi connectivity index (χ0) is 15.1. The van der Waals surface area contributed by atoms with Crippen molar-refractivity contribution in [3.63, 3.8) is 0 Å². The van der Waals surface area contributed by atoms with Crippen molar-refractivity contribution in [1.29, 1.82) is 0 Å². The quantitative estimate of drug-likeness (QED) is 0.603. The lowest BCUT2D eigenvalue weighted by Gasteiger charge is -2.35. The van der Waals surface area contributed by atoms with Crippen LogP contribution in [-0.4, -0.2) is 29.4 Å². The number of hydrogen-bond donors (Lipinski definition) is 2. The molecule has 114 valence electrons. The lowest BCUT2D eigenvalue weighted by molar-refractivity contribution is 0.0366. The van der Waals surface area contributed by atoms with E-state index in [2.05, 4.69) is 34.6 Å². The standard InChI is InChI=1S/C16H29BO3/c1-15(2,3)14-13(10-20-16(14,4)5)11-7-6-8-12(9-11)17(18)19/h11-12,18-19H,6-10H2,1-5H3. The molecule has 2 rings (SSSR count). The van der Waals surface area contributed by atoms with Gasteiger partial charge in [-0.3, -0.25) is 0 Å². The molecular weight excluding hydrogens is 251 g/mol. The van der Waals surface area contributed by atoms with E-state index in [0.29, 0.717) is 12.5 Å². The fourth-order valence-electron chi connectivity index (χ4n) is 4.31. The average molecular weight is 280 g/mol. The zero-order valence-electron chi connectivity index (χ0n) is 13.6. The summed E-state index contributed by atoms with van der Waals surface area (Å²) in [5, 5.41) is 18.9. The van der Waals surface area contributed by atoms with Gasteiger partial charge in [-0.25, -0.2) is 0 Å². The van der Waals surface area contributed by atoms with Crippen LogP contribution < -0.4 is 0 Å².